The van der Waals surface area contributed by atoms with Gasteiger partial charge >= 0.3 is 24.3 Å². The number of carbonyl (C=O) groups excluding carboxylic acids is 3. The van der Waals surface area contributed by atoms with E-state index in [1.807, 2.05) is 0 Å². The smallest absolute Gasteiger partial charge is 0.489 e. The van der Waals surface area contributed by atoms with Gasteiger partial charge < -0.3 is 28.9 Å². The molecule has 0 unspecified atom stereocenters. The third kappa shape index (κ3) is 10.5. The fourth-order valence-electron chi connectivity index (χ4n) is 4.26. The molecule has 0 bridgehead atoms. The van der Waals surface area contributed by atoms with Gasteiger partial charge in [-0.3, -0.25) is 4.79 Å². The Morgan fingerprint density at radius 3 is 2.06 bits per heavy atom. The first-order valence-electron chi connectivity index (χ1n) is 14.3. The summed E-state index contributed by atoms with van der Waals surface area (Å²) in [5, 5.41) is 12.3. The highest BCUT2D eigenvalue weighted by Crippen LogP contribution is 2.41. The number of halogens is 3. The largest absolute Gasteiger partial charge is 0.514 e. The van der Waals surface area contributed by atoms with E-state index in [0.717, 1.165) is 6.07 Å². The van der Waals surface area contributed by atoms with Gasteiger partial charge in [-0.05, 0) is 82.5 Å². The fourth-order valence-corrected chi connectivity index (χ4v) is 4.26. The number of nitrogens with zero attached hydrogens (tertiary/aromatic N) is 1. The van der Waals surface area contributed by atoms with Gasteiger partial charge in [0.2, 0.25) is 0 Å². The highest BCUT2D eigenvalue weighted by molar-refractivity contribution is 5.96. The van der Waals surface area contributed by atoms with Crippen LogP contribution in [0.4, 0.5) is 18.0 Å². The summed E-state index contributed by atoms with van der Waals surface area (Å²) in [6.07, 6.45) is -5.19. The second kappa shape index (κ2) is 14.6. The van der Waals surface area contributed by atoms with Crippen LogP contribution in [0.5, 0.6) is 11.5 Å². The van der Waals surface area contributed by atoms with E-state index < -0.39 is 59.0 Å². The second-order valence-corrected chi connectivity index (χ2v) is 12.3. The van der Waals surface area contributed by atoms with E-state index in [1.54, 1.807) is 42.5 Å². The number of rotatable bonds is 9. The zero-order valence-corrected chi connectivity index (χ0v) is 27.0. The molecule has 0 aliphatic carbocycles. The minimum Gasteiger partial charge on any atom is -0.489 e. The molecule has 0 aliphatic heterocycles. The molecule has 47 heavy (non-hydrogen) atoms. The number of esters is 2. The van der Waals surface area contributed by atoms with Crippen LogP contribution >= 0.6 is 0 Å². The maximum absolute atomic E-state index is 14.1. The Labute approximate surface area is 270 Å². The number of oxime groups is 1. The lowest BCUT2D eigenvalue weighted by atomic mass is 9.97. The molecule has 0 fully saturated rings. The molecule has 0 amide bonds. The molecule has 13 heteroatoms. The van der Waals surface area contributed by atoms with Crippen LogP contribution in [0.25, 0.3) is 11.1 Å². The van der Waals surface area contributed by atoms with Crippen molar-refractivity contribution in [1.82, 2.24) is 0 Å². The Morgan fingerprint density at radius 2 is 1.51 bits per heavy atom. The van der Waals surface area contributed by atoms with E-state index in [4.69, 9.17) is 28.9 Å². The van der Waals surface area contributed by atoms with E-state index in [2.05, 4.69) is 5.16 Å². The monoisotopic (exact) mass is 659 g/mol. The molecule has 0 spiro atoms. The first kappa shape index (κ1) is 36.4. The molecule has 0 atom stereocenters. The number of ether oxygens (including phenoxy) is 5. The highest BCUT2D eigenvalue weighted by Gasteiger charge is 2.40. The summed E-state index contributed by atoms with van der Waals surface area (Å²) in [5.74, 6) is -2.37. The Morgan fingerprint density at radius 1 is 0.872 bits per heavy atom. The topological polar surface area (TPSA) is 130 Å². The number of carbonyl (C=O) groups is 3. The SMILES string of the molecule is COC(=O)Cc1ccc(-c2ccc(OCc3ccc(C(F)(F)F)c(OC(=O)OC(C)(C)C)c3C(=O)OC(C)(C)C)cc2)c(/C=N\O)c1. The zero-order chi connectivity index (χ0) is 35.2. The van der Waals surface area contributed by atoms with E-state index in [-0.39, 0.29) is 17.7 Å². The van der Waals surface area contributed by atoms with Gasteiger partial charge in [0.1, 0.15) is 29.1 Å². The van der Waals surface area contributed by atoms with Crippen molar-refractivity contribution in [3.05, 3.63) is 82.4 Å². The van der Waals surface area contributed by atoms with Crippen LogP contribution in [0.1, 0.15) is 74.2 Å². The van der Waals surface area contributed by atoms with E-state index in [9.17, 15) is 27.6 Å². The van der Waals surface area contributed by atoms with Crippen LogP contribution in [0.2, 0.25) is 0 Å². The molecule has 0 heterocycles. The van der Waals surface area contributed by atoms with Crippen LogP contribution in [-0.2, 0) is 38.2 Å². The highest BCUT2D eigenvalue weighted by atomic mass is 19.4. The molecule has 0 aliphatic rings. The fraction of sp³-hybridized carbons (Fsp3) is 0.353. The van der Waals surface area contributed by atoms with Crippen molar-refractivity contribution in [2.45, 2.75) is 71.9 Å². The Bertz CT molecular complexity index is 1630. The minimum absolute atomic E-state index is 0.0234. The average Bonchev–Trinajstić information content (AvgIpc) is 2.94. The first-order chi connectivity index (χ1) is 21.8. The van der Waals surface area contributed by atoms with Gasteiger partial charge in [-0.1, -0.05) is 35.5 Å². The molecule has 0 saturated carbocycles. The molecule has 0 saturated heterocycles. The molecular weight excluding hydrogens is 623 g/mol. The van der Waals surface area contributed by atoms with Crippen LogP contribution in [-0.4, -0.2) is 47.8 Å². The van der Waals surface area contributed by atoms with E-state index in [0.29, 0.717) is 28.3 Å². The third-order valence-electron chi connectivity index (χ3n) is 6.18. The van der Waals surface area contributed by atoms with Gasteiger partial charge in [0.05, 0.1) is 25.3 Å². The maximum Gasteiger partial charge on any atom is 0.514 e. The minimum atomic E-state index is -5.00. The first-order valence-corrected chi connectivity index (χ1v) is 14.3. The lowest BCUT2D eigenvalue weighted by Crippen LogP contribution is -2.29. The quantitative estimate of drug-likeness (QED) is 0.0612. The normalized spacial score (nSPS) is 12.0. The summed E-state index contributed by atoms with van der Waals surface area (Å²) >= 11 is 0. The molecular formula is C34H36F3NO9. The van der Waals surface area contributed by atoms with Gasteiger partial charge in [-0.25, -0.2) is 9.59 Å². The van der Waals surface area contributed by atoms with Crippen LogP contribution in [0.15, 0.2) is 59.8 Å². The van der Waals surface area contributed by atoms with Crippen molar-refractivity contribution in [2.24, 2.45) is 5.16 Å². The molecule has 3 aromatic carbocycles. The number of hydrogen-bond acceptors (Lipinski definition) is 10. The summed E-state index contributed by atoms with van der Waals surface area (Å²) in [7, 11) is 1.28. The summed E-state index contributed by atoms with van der Waals surface area (Å²) in [6, 6.07) is 13.4. The van der Waals surface area contributed by atoms with Gasteiger partial charge in [-0.2, -0.15) is 13.2 Å². The van der Waals surface area contributed by atoms with Gasteiger partial charge in [-0.15, -0.1) is 0 Å². The molecule has 0 aromatic heterocycles. The lowest BCUT2D eigenvalue weighted by molar-refractivity contribution is -0.140. The van der Waals surface area contributed by atoms with E-state index >= 15 is 0 Å². The molecule has 3 rings (SSSR count). The predicted molar refractivity (Wildman–Crippen MR) is 165 cm³/mol. The molecule has 3 aromatic rings. The Balaban J connectivity index is 1.98. The molecule has 1 N–H and O–H groups in total. The van der Waals surface area contributed by atoms with Gasteiger partial charge in [0.15, 0.2) is 5.75 Å². The van der Waals surface area contributed by atoms with Crippen LogP contribution < -0.4 is 9.47 Å². The molecule has 0 radical (unpaired) electrons. The van der Waals surface area contributed by atoms with Crippen LogP contribution in [0, 0.1) is 0 Å². The van der Waals surface area contributed by atoms with Crippen molar-refractivity contribution in [1.29, 1.82) is 0 Å². The summed E-state index contributed by atoms with van der Waals surface area (Å²) in [6.45, 7) is 8.72. The lowest BCUT2D eigenvalue weighted by Gasteiger charge is -2.24. The summed E-state index contributed by atoms with van der Waals surface area (Å²) in [4.78, 5) is 37.5. The number of benzene rings is 3. The summed E-state index contributed by atoms with van der Waals surface area (Å²) < 4.78 is 68.3. The van der Waals surface area contributed by atoms with Gasteiger partial charge in [0, 0.05) is 11.1 Å². The summed E-state index contributed by atoms with van der Waals surface area (Å²) in [5.41, 5.74) is -1.73. The molecule has 252 valence electrons. The number of methoxy groups -OCH3 is 1. The Kier molecular flexibility index (Phi) is 11.3. The number of hydrogen-bond donors (Lipinski definition) is 1. The second-order valence-electron chi connectivity index (χ2n) is 12.3. The van der Waals surface area contributed by atoms with Crippen molar-refractivity contribution in [2.75, 3.05) is 7.11 Å². The number of alkyl halides is 3. The third-order valence-corrected chi connectivity index (χ3v) is 6.18. The maximum atomic E-state index is 14.1. The zero-order valence-electron chi connectivity index (χ0n) is 27.0. The molecule has 10 nitrogen and oxygen atoms in total. The van der Waals surface area contributed by atoms with Gasteiger partial charge in [0.25, 0.3) is 0 Å². The predicted octanol–water partition coefficient (Wildman–Crippen LogP) is 7.74. The van der Waals surface area contributed by atoms with Crippen molar-refractivity contribution >= 4 is 24.3 Å². The standard InChI is InChI=1S/C34H36F3NO9/c1-32(2,3)46-30(40)28-22(11-15-26(34(35,36)37)29(28)45-31(41)47-33(4,5)6)19-44-24-12-9-21(10-13-24)25-14-8-20(17-27(39)43-7)16-23(25)18-38-42/h8-16,18,42H,17,19H2,1-7H3/b38-18-. The van der Waals surface area contributed by atoms with Crippen molar-refractivity contribution in [3.63, 3.8) is 0 Å². The average molecular weight is 660 g/mol. The van der Waals surface area contributed by atoms with E-state index in [1.165, 1.54) is 54.9 Å². The van der Waals surface area contributed by atoms with Crippen molar-refractivity contribution in [3.8, 4) is 22.6 Å². The van der Waals surface area contributed by atoms with Crippen molar-refractivity contribution < 1.29 is 56.4 Å². The Hall–Kier alpha value is -5.07. The van der Waals surface area contributed by atoms with Crippen LogP contribution in [0.3, 0.4) is 0 Å².